The van der Waals surface area contributed by atoms with Gasteiger partial charge in [0.25, 0.3) is 0 Å². The third-order valence-electron chi connectivity index (χ3n) is 4.27. The molecule has 0 N–H and O–H groups in total. The SMILES string of the molecule is CCOc1ccccc1N1CCN(Cc2ccc(F)c(Br)c2)CC1. The molecule has 0 saturated carbocycles. The fourth-order valence-electron chi connectivity index (χ4n) is 3.04. The second kappa shape index (κ2) is 7.99. The van der Waals surface area contributed by atoms with Crippen LogP contribution >= 0.6 is 15.9 Å². The Hall–Kier alpha value is -1.59. The summed E-state index contributed by atoms with van der Waals surface area (Å²) in [4.78, 5) is 4.78. The maximum Gasteiger partial charge on any atom is 0.142 e. The van der Waals surface area contributed by atoms with Crippen LogP contribution in [0, 0.1) is 5.82 Å². The number of halogens is 2. The summed E-state index contributed by atoms with van der Waals surface area (Å²) in [6, 6.07) is 13.5. The zero-order valence-corrected chi connectivity index (χ0v) is 15.4. The van der Waals surface area contributed by atoms with Crippen molar-refractivity contribution in [2.75, 3.05) is 37.7 Å². The van der Waals surface area contributed by atoms with Gasteiger partial charge in [0.15, 0.2) is 0 Å². The zero-order valence-electron chi connectivity index (χ0n) is 13.8. The Morgan fingerprint density at radius 2 is 1.83 bits per heavy atom. The van der Waals surface area contributed by atoms with Crippen LogP contribution in [-0.2, 0) is 6.54 Å². The van der Waals surface area contributed by atoms with Crippen molar-refractivity contribution in [3.63, 3.8) is 0 Å². The van der Waals surface area contributed by atoms with E-state index in [9.17, 15) is 4.39 Å². The van der Waals surface area contributed by atoms with Crippen molar-refractivity contribution in [2.24, 2.45) is 0 Å². The number of hydrogen-bond donors (Lipinski definition) is 0. The molecule has 0 bridgehead atoms. The molecule has 0 atom stereocenters. The maximum atomic E-state index is 13.3. The van der Waals surface area contributed by atoms with Crippen molar-refractivity contribution in [3.8, 4) is 5.75 Å². The van der Waals surface area contributed by atoms with Gasteiger partial charge in [-0.15, -0.1) is 0 Å². The first-order valence-electron chi connectivity index (χ1n) is 8.30. The van der Waals surface area contributed by atoms with Gasteiger partial charge in [-0.1, -0.05) is 18.2 Å². The molecule has 1 aliphatic heterocycles. The lowest BCUT2D eigenvalue weighted by Gasteiger charge is -2.36. The largest absolute Gasteiger partial charge is 0.492 e. The van der Waals surface area contributed by atoms with Crippen LogP contribution in [0.25, 0.3) is 0 Å². The molecular weight excluding hydrogens is 371 g/mol. The average Bonchev–Trinajstić information content (AvgIpc) is 2.60. The Morgan fingerprint density at radius 1 is 1.08 bits per heavy atom. The molecule has 0 spiro atoms. The Morgan fingerprint density at radius 3 is 2.54 bits per heavy atom. The summed E-state index contributed by atoms with van der Waals surface area (Å²) in [5.74, 6) is 0.743. The molecule has 0 aromatic heterocycles. The number of nitrogens with zero attached hydrogens (tertiary/aromatic N) is 2. The fourth-order valence-corrected chi connectivity index (χ4v) is 3.47. The van der Waals surface area contributed by atoms with Crippen LogP contribution in [0.1, 0.15) is 12.5 Å². The van der Waals surface area contributed by atoms with Gasteiger partial charge in [0, 0.05) is 32.7 Å². The Kier molecular flexibility index (Phi) is 5.74. The summed E-state index contributed by atoms with van der Waals surface area (Å²) in [7, 11) is 0. The molecule has 1 saturated heterocycles. The van der Waals surface area contributed by atoms with Crippen LogP contribution < -0.4 is 9.64 Å². The van der Waals surface area contributed by atoms with Crippen LogP contribution in [0.2, 0.25) is 0 Å². The number of piperazine rings is 1. The molecule has 3 rings (SSSR count). The third-order valence-corrected chi connectivity index (χ3v) is 4.88. The van der Waals surface area contributed by atoms with Crippen LogP contribution in [0.15, 0.2) is 46.9 Å². The average molecular weight is 393 g/mol. The summed E-state index contributed by atoms with van der Waals surface area (Å²) in [5, 5.41) is 0. The smallest absolute Gasteiger partial charge is 0.142 e. The number of para-hydroxylation sites is 2. The fraction of sp³-hybridized carbons (Fsp3) is 0.368. The number of benzene rings is 2. The molecular formula is C19H22BrFN2O. The maximum absolute atomic E-state index is 13.3. The number of ether oxygens (including phenoxy) is 1. The van der Waals surface area contributed by atoms with E-state index in [1.54, 1.807) is 0 Å². The highest BCUT2D eigenvalue weighted by atomic mass is 79.9. The lowest BCUT2D eigenvalue weighted by Crippen LogP contribution is -2.46. The molecule has 0 radical (unpaired) electrons. The second-order valence-electron chi connectivity index (χ2n) is 5.91. The third kappa shape index (κ3) is 4.08. The second-order valence-corrected chi connectivity index (χ2v) is 6.77. The molecule has 0 unspecified atom stereocenters. The van der Waals surface area contributed by atoms with Gasteiger partial charge in [-0.25, -0.2) is 4.39 Å². The minimum absolute atomic E-state index is 0.212. The molecule has 1 aliphatic rings. The van der Waals surface area contributed by atoms with Gasteiger partial charge in [-0.05, 0) is 52.7 Å². The molecule has 0 aliphatic carbocycles. The number of rotatable bonds is 5. The Bertz CT molecular complexity index is 687. The van der Waals surface area contributed by atoms with E-state index in [2.05, 4.69) is 37.9 Å². The standard InChI is InChI=1S/C19H22BrFN2O/c1-2-24-19-6-4-3-5-18(19)23-11-9-22(10-12-23)14-15-7-8-17(21)16(20)13-15/h3-8,13H,2,9-12,14H2,1H3. The summed E-state index contributed by atoms with van der Waals surface area (Å²) >= 11 is 3.26. The van der Waals surface area contributed by atoms with E-state index in [1.165, 1.54) is 11.8 Å². The number of anilines is 1. The molecule has 24 heavy (non-hydrogen) atoms. The van der Waals surface area contributed by atoms with E-state index in [4.69, 9.17) is 4.74 Å². The lowest BCUT2D eigenvalue weighted by atomic mass is 10.2. The van der Waals surface area contributed by atoms with Gasteiger partial charge < -0.3 is 9.64 Å². The summed E-state index contributed by atoms with van der Waals surface area (Å²) in [5.41, 5.74) is 2.30. The van der Waals surface area contributed by atoms with Gasteiger partial charge in [0.1, 0.15) is 11.6 Å². The van der Waals surface area contributed by atoms with Crippen molar-refractivity contribution in [1.82, 2.24) is 4.90 Å². The van der Waals surface area contributed by atoms with Crippen molar-refractivity contribution in [3.05, 3.63) is 58.3 Å². The molecule has 2 aromatic rings. The highest BCUT2D eigenvalue weighted by Crippen LogP contribution is 2.29. The van der Waals surface area contributed by atoms with Crippen molar-refractivity contribution in [1.29, 1.82) is 0 Å². The Balaban J connectivity index is 1.60. The van der Waals surface area contributed by atoms with Crippen molar-refractivity contribution in [2.45, 2.75) is 13.5 Å². The van der Waals surface area contributed by atoms with Gasteiger partial charge in [0.05, 0.1) is 16.8 Å². The first-order chi connectivity index (χ1) is 11.7. The van der Waals surface area contributed by atoms with E-state index < -0.39 is 0 Å². The highest BCUT2D eigenvalue weighted by molar-refractivity contribution is 9.10. The van der Waals surface area contributed by atoms with Crippen LogP contribution in [0.5, 0.6) is 5.75 Å². The molecule has 128 valence electrons. The van der Waals surface area contributed by atoms with Gasteiger partial charge in [0.2, 0.25) is 0 Å². The lowest BCUT2D eigenvalue weighted by molar-refractivity contribution is 0.248. The minimum Gasteiger partial charge on any atom is -0.492 e. The van der Waals surface area contributed by atoms with E-state index >= 15 is 0 Å². The minimum atomic E-state index is -0.212. The molecule has 0 amide bonds. The first kappa shape index (κ1) is 17.2. The van der Waals surface area contributed by atoms with E-state index in [1.807, 2.05) is 31.2 Å². The summed E-state index contributed by atoms with van der Waals surface area (Å²) < 4.78 is 19.6. The predicted octanol–water partition coefficient (Wildman–Crippen LogP) is 4.31. The van der Waals surface area contributed by atoms with Crippen molar-refractivity contribution >= 4 is 21.6 Å². The van der Waals surface area contributed by atoms with E-state index in [0.717, 1.165) is 44.0 Å². The predicted molar refractivity (Wildman–Crippen MR) is 99.2 cm³/mol. The molecule has 3 nitrogen and oxygen atoms in total. The van der Waals surface area contributed by atoms with Crippen LogP contribution in [0.4, 0.5) is 10.1 Å². The van der Waals surface area contributed by atoms with E-state index in [0.29, 0.717) is 11.1 Å². The van der Waals surface area contributed by atoms with Crippen LogP contribution in [-0.4, -0.2) is 37.7 Å². The zero-order chi connectivity index (χ0) is 16.9. The first-order valence-corrected chi connectivity index (χ1v) is 9.09. The molecule has 2 aromatic carbocycles. The Labute approximate surface area is 151 Å². The monoisotopic (exact) mass is 392 g/mol. The van der Waals surface area contributed by atoms with E-state index in [-0.39, 0.29) is 5.82 Å². The van der Waals surface area contributed by atoms with Gasteiger partial charge >= 0.3 is 0 Å². The molecule has 1 heterocycles. The quantitative estimate of drug-likeness (QED) is 0.753. The normalized spacial score (nSPS) is 15.5. The van der Waals surface area contributed by atoms with Gasteiger partial charge in [-0.2, -0.15) is 0 Å². The topological polar surface area (TPSA) is 15.7 Å². The molecule has 1 fully saturated rings. The highest BCUT2D eigenvalue weighted by Gasteiger charge is 2.19. The summed E-state index contributed by atoms with van der Waals surface area (Å²) in [6.45, 7) is 7.43. The van der Waals surface area contributed by atoms with Crippen molar-refractivity contribution < 1.29 is 9.13 Å². The molecule has 5 heteroatoms. The van der Waals surface area contributed by atoms with Gasteiger partial charge in [-0.3, -0.25) is 4.90 Å². The summed E-state index contributed by atoms with van der Waals surface area (Å²) in [6.07, 6.45) is 0. The van der Waals surface area contributed by atoms with Crippen LogP contribution in [0.3, 0.4) is 0 Å². The number of hydrogen-bond acceptors (Lipinski definition) is 3.